The molecule has 0 aromatic carbocycles. The lowest BCUT2D eigenvalue weighted by atomic mass is 10.5. The molecule has 0 radical (unpaired) electrons. The van der Waals surface area contributed by atoms with E-state index in [-0.39, 0.29) is 5.97 Å². The van der Waals surface area contributed by atoms with Crippen LogP contribution in [0, 0.1) is 0 Å². The third-order valence-corrected chi connectivity index (χ3v) is 5.44. The summed E-state index contributed by atoms with van der Waals surface area (Å²) in [5, 5.41) is 12.0. The van der Waals surface area contributed by atoms with E-state index in [1.54, 1.807) is 11.4 Å². The zero-order chi connectivity index (χ0) is 14.4. The van der Waals surface area contributed by atoms with Crippen LogP contribution in [0.1, 0.15) is 19.3 Å². The third-order valence-electron chi connectivity index (χ3n) is 1.80. The van der Waals surface area contributed by atoms with E-state index >= 15 is 0 Å². The first kappa shape index (κ1) is 16.4. The number of hydrogen-bond acceptors (Lipinski definition) is 5. The van der Waals surface area contributed by atoms with Gasteiger partial charge in [0.2, 0.25) is 0 Å². The van der Waals surface area contributed by atoms with E-state index in [0.29, 0.717) is 14.2 Å². The predicted molar refractivity (Wildman–Crippen MR) is 82.3 cm³/mol. The second kappa shape index (κ2) is 7.78. The number of aromatic carboxylic acids is 1. The lowest BCUT2D eigenvalue weighted by Crippen LogP contribution is -1.97. The number of halogens is 2. The predicted octanol–water partition coefficient (Wildman–Crippen LogP) is 4.51. The lowest BCUT2D eigenvalue weighted by Gasteiger charge is -1.93. The van der Waals surface area contributed by atoms with Gasteiger partial charge < -0.3 is 9.84 Å². The Morgan fingerprint density at radius 3 is 1.84 bits per heavy atom. The van der Waals surface area contributed by atoms with Crippen molar-refractivity contribution in [3.05, 3.63) is 41.6 Å². The number of thiophene rings is 2. The van der Waals surface area contributed by atoms with Gasteiger partial charge in [-0.15, -0.1) is 22.7 Å². The summed E-state index contributed by atoms with van der Waals surface area (Å²) >= 11 is 8.89. The Hall–Kier alpha value is -0.700. The van der Waals surface area contributed by atoms with Gasteiger partial charge >= 0.3 is 11.9 Å². The van der Waals surface area contributed by atoms with Crippen molar-refractivity contribution in [2.75, 3.05) is 7.11 Å². The molecule has 0 amide bonds. The molecule has 102 valence electrons. The quantitative estimate of drug-likeness (QED) is 0.716. The van der Waals surface area contributed by atoms with Crippen LogP contribution in [0.5, 0.6) is 0 Å². The number of carbonyl (C=O) groups excluding carboxylic acids is 1. The summed E-state index contributed by atoms with van der Waals surface area (Å²) < 4.78 is 5.97. The van der Waals surface area contributed by atoms with Crippen LogP contribution in [0.2, 0.25) is 0 Å². The molecule has 0 spiro atoms. The number of carbonyl (C=O) groups is 2. The van der Waals surface area contributed by atoms with Crippen molar-refractivity contribution in [1.82, 2.24) is 0 Å². The summed E-state index contributed by atoms with van der Waals surface area (Å²) in [6.45, 7) is 0. The normalized spacial score (nSPS) is 9.42. The number of carboxylic acids is 1. The van der Waals surface area contributed by atoms with E-state index in [4.69, 9.17) is 5.11 Å². The van der Waals surface area contributed by atoms with Gasteiger partial charge in [0.25, 0.3) is 0 Å². The van der Waals surface area contributed by atoms with Gasteiger partial charge in [0.05, 0.1) is 7.11 Å². The molecular weight excluding hydrogens is 420 g/mol. The monoisotopic (exact) mass is 426 g/mol. The lowest BCUT2D eigenvalue weighted by molar-refractivity contribution is 0.0604. The number of ether oxygens (including phenoxy) is 1. The van der Waals surface area contributed by atoms with Crippen LogP contribution in [0.4, 0.5) is 0 Å². The Balaban J connectivity index is 0.000000191. The molecule has 1 N–H and O–H groups in total. The molecule has 0 fully saturated rings. The maximum Gasteiger partial charge on any atom is 0.349 e. The van der Waals surface area contributed by atoms with Crippen LogP contribution in [-0.4, -0.2) is 24.2 Å². The summed E-state index contributed by atoms with van der Waals surface area (Å²) in [6.07, 6.45) is 0. The summed E-state index contributed by atoms with van der Waals surface area (Å²) in [4.78, 5) is 22.1. The maximum atomic E-state index is 10.9. The SMILES string of the molecule is COC(=O)c1sccc1Br.O=C(O)c1sccc1Br. The molecule has 2 aromatic heterocycles. The number of methoxy groups -OCH3 is 1. The van der Waals surface area contributed by atoms with Crippen molar-refractivity contribution in [2.24, 2.45) is 0 Å². The number of carboxylic acid groups (broad SMARTS) is 1. The fourth-order valence-electron chi connectivity index (χ4n) is 0.978. The smallest absolute Gasteiger partial charge is 0.349 e. The van der Waals surface area contributed by atoms with Gasteiger partial charge in [-0.05, 0) is 54.8 Å². The first-order chi connectivity index (χ1) is 8.97. The molecule has 0 aliphatic heterocycles. The maximum absolute atomic E-state index is 10.9. The largest absolute Gasteiger partial charge is 0.477 e. The average molecular weight is 428 g/mol. The highest BCUT2D eigenvalue weighted by Crippen LogP contribution is 2.23. The van der Waals surface area contributed by atoms with Gasteiger partial charge in [-0.2, -0.15) is 0 Å². The minimum Gasteiger partial charge on any atom is -0.477 e. The number of rotatable bonds is 2. The van der Waals surface area contributed by atoms with Crippen molar-refractivity contribution >= 4 is 66.5 Å². The zero-order valence-electron chi connectivity index (χ0n) is 9.55. The van der Waals surface area contributed by atoms with Crippen molar-refractivity contribution in [3.63, 3.8) is 0 Å². The molecule has 0 bridgehead atoms. The van der Waals surface area contributed by atoms with Crippen molar-refractivity contribution in [3.8, 4) is 0 Å². The van der Waals surface area contributed by atoms with Crippen molar-refractivity contribution < 1.29 is 19.4 Å². The third kappa shape index (κ3) is 4.72. The molecule has 0 saturated heterocycles. The molecule has 0 unspecified atom stereocenters. The summed E-state index contributed by atoms with van der Waals surface area (Å²) in [6, 6.07) is 3.53. The fourth-order valence-corrected chi connectivity index (χ4v) is 3.81. The van der Waals surface area contributed by atoms with Crippen LogP contribution in [-0.2, 0) is 4.74 Å². The molecule has 0 saturated carbocycles. The Morgan fingerprint density at radius 2 is 1.58 bits per heavy atom. The Labute approximate surface area is 134 Å². The van der Waals surface area contributed by atoms with Crippen LogP contribution in [0.25, 0.3) is 0 Å². The summed E-state index contributed by atoms with van der Waals surface area (Å²) in [7, 11) is 1.37. The molecule has 8 heteroatoms. The first-order valence-electron chi connectivity index (χ1n) is 4.75. The Morgan fingerprint density at radius 1 is 1.11 bits per heavy atom. The highest BCUT2D eigenvalue weighted by Gasteiger charge is 2.10. The minimum atomic E-state index is -0.878. The molecule has 4 nitrogen and oxygen atoms in total. The van der Waals surface area contributed by atoms with Gasteiger partial charge in [-0.3, -0.25) is 0 Å². The van der Waals surface area contributed by atoms with Crippen LogP contribution < -0.4 is 0 Å². The van der Waals surface area contributed by atoms with Crippen molar-refractivity contribution in [1.29, 1.82) is 0 Å². The van der Waals surface area contributed by atoms with Crippen molar-refractivity contribution in [2.45, 2.75) is 0 Å². The van der Waals surface area contributed by atoms with E-state index in [9.17, 15) is 9.59 Å². The number of hydrogen-bond donors (Lipinski definition) is 1. The fraction of sp³-hybridized carbons (Fsp3) is 0.0909. The highest BCUT2D eigenvalue weighted by molar-refractivity contribution is 9.11. The van der Waals surface area contributed by atoms with Gasteiger partial charge in [-0.1, -0.05) is 0 Å². The zero-order valence-corrected chi connectivity index (χ0v) is 14.4. The van der Waals surface area contributed by atoms with Crippen LogP contribution in [0.3, 0.4) is 0 Å². The van der Waals surface area contributed by atoms with Gasteiger partial charge in [0.15, 0.2) is 0 Å². The second-order valence-electron chi connectivity index (χ2n) is 2.99. The van der Waals surface area contributed by atoms with E-state index in [0.717, 1.165) is 4.47 Å². The molecule has 0 atom stereocenters. The average Bonchev–Trinajstić information content (AvgIpc) is 2.97. The summed E-state index contributed by atoms with van der Waals surface area (Å²) in [5.74, 6) is -1.17. The Kier molecular flexibility index (Phi) is 6.70. The second-order valence-corrected chi connectivity index (χ2v) is 6.53. The van der Waals surface area contributed by atoms with Gasteiger partial charge in [0.1, 0.15) is 9.75 Å². The molecule has 0 aliphatic carbocycles. The van der Waals surface area contributed by atoms with Crippen LogP contribution in [0.15, 0.2) is 31.8 Å². The highest BCUT2D eigenvalue weighted by atomic mass is 79.9. The Bertz CT molecular complexity index is 577. The summed E-state index contributed by atoms with van der Waals surface area (Å²) in [5.41, 5.74) is 0. The molecule has 0 aliphatic rings. The first-order valence-corrected chi connectivity index (χ1v) is 8.09. The van der Waals surface area contributed by atoms with Gasteiger partial charge in [-0.25, -0.2) is 9.59 Å². The van der Waals surface area contributed by atoms with Crippen LogP contribution >= 0.6 is 54.5 Å². The minimum absolute atomic E-state index is 0.290. The molecular formula is C11H8Br2O4S2. The standard InChI is InChI=1S/C6H5BrO2S.C5H3BrO2S/c1-9-6(8)5-4(7)2-3-10-5;6-3-1-2-9-4(3)5(7)8/h2-3H,1H3;1-2H,(H,7,8). The molecule has 2 rings (SSSR count). The van der Waals surface area contributed by atoms with E-state index in [2.05, 4.69) is 36.6 Å². The van der Waals surface area contributed by atoms with E-state index in [1.165, 1.54) is 29.8 Å². The topological polar surface area (TPSA) is 63.6 Å². The molecule has 2 heterocycles. The number of esters is 1. The van der Waals surface area contributed by atoms with Gasteiger partial charge in [0, 0.05) is 8.95 Å². The molecule has 2 aromatic rings. The van der Waals surface area contributed by atoms with E-state index < -0.39 is 5.97 Å². The molecule has 19 heavy (non-hydrogen) atoms. The van der Waals surface area contributed by atoms with E-state index in [1.807, 2.05) is 11.4 Å².